The molecule has 2 heterocycles. The fourth-order valence-electron chi connectivity index (χ4n) is 4.76. The quantitative estimate of drug-likeness (QED) is 0.902. The van der Waals surface area contributed by atoms with Gasteiger partial charge >= 0.3 is 0 Å². The van der Waals surface area contributed by atoms with Crippen molar-refractivity contribution in [3.63, 3.8) is 0 Å². The topological polar surface area (TPSA) is 39.7 Å². The van der Waals surface area contributed by atoms with E-state index < -0.39 is 0 Å². The molecule has 2 atom stereocenters. The van der Waals surface area contributed by atoms with Gasteiger partial charge in [-0.3, -0.25) is 0 Å². The summed E-state index contributed by atoms with van der Waals surface area (Å²) in [6.45, 7) is 3.68. The lowest BCUT2D eigenvalue weighted by molar-refractivity contribution is 0.171. The lowest BCUT2D eigenvalue weighted by Gasteiger charge is -2.32. The van der Waals surface area contributed by atoms with Crippen LogP contribution in [0.4, 0.5) is 0 Å². The Morgan fingerprint density at radius 1 is 1.17 bits per heavy atom. The first-order valence-electron chi connectivity index (χ1n) is 9.49. The maximum atomic E-state index is 5.59. The van der Waals surface area contributed by atoms with Crippen LogP contribution in [0, 0.1) is 11.8 Å². The second-order valence-electron chi connectivity index (χ2n) is 7.59. The molecule has 0 bridgehead atoms. The van der Waals surface area contributed by atoms with Crippen molar-refractivity contribution in [2.24, 2.45) is 11.8 Å². The summed E-state index contributed by atoms with van der Waals surface area (Å²) in [6.07, 6.45) is 8.21. The summed E-state index contributed by atoms with van der Waals surface area (Å²) in [4.78, 5) is 0. The third kappa shape index (κ3) is 2.97. The van der Waals surface area contributed by atoms with Gasteiger partial charge in [-0.2, -0.15) is 0 Å². The largest absolute Gasteiger partial charge is 0.493 e. The first-order valence-corrected chi connectivity index (χ1v) is 9.49. The molecular weight excluding hydrogens is 302 g/mol. The summed E-state index contributed by atoms with van der Waals surface area (Å²) in [5, 5.41) is 3.80. The van der Waals surface area contributed by atoms with Crippen LogP contribution in [0.5, 0.6) is 17.2 Å². The average molecular weight is 331 g/mol. The first-order chi connectivity index (χ1) is 11.8. The molecular formula is C20H29NO3. The predicted molar refractivity (Wildman–Crippen MR) is 94.0 cm³/mol. The van der Waals surface area contributed by atoms with Crippen LogP contribution in [0.15, 0.2) is 12.1 Å². The SMILES string of the molecule is CCC1CCC(C2C[C@@H](c3cc(OC)c4c(c3)OCO4)CN2)CC1. The highest BCUT2D eigenvalue weighted by atomic mass is 16.7. The van der Waals surface area contributed by atoms with Gasteiger partial charge in [0.05, 0.1) is 7.11 Å². The molecule has 0 spiro atoms. The van der Waals surface area contributed by atoms with Crippen molar-refractivity contribution in [2.75, 3.05) is 20.4 Å². The fourth-order valence-corrected chi connectivity index (χ4v) is 4.76. The normalized spacial score (nSPS) is 32.1. The van der Waals surface area contributed by atoms with E-state index in [9.17, 15) is 0 Å². The Hall–Kier alpha value is -1.42. The Morgan fingerprint density at radius 3 is 2.75 bits per heavy atom. The highest BCUT2D eigenvalue weighted by Crippen LogP contribution is 2.45. The molecule has 0 amide bonds. The summed E-state index contributed by atoms with van der Waals surface area (Å²) < 4.78 is 16.6. The molecule has 0 aromatic heterocycles. The zero-order valence-electron chi connectivity index (χ0n) is 14.8. The first kappa shape index (κ1) is 16.1. The number of rotatable bonds is 4. The molecule has 2 aliphatic heterocycles. The molecule has 2 fully saturated rings. The molecule has 4 rings (SSSR count). The molecule has 1 N–H and O–H groups in total. The van der Waals surface area contributed by atoms with Crippen molar-refractivity contribution in [2.45, 2.75) is 57.4 Å². The number of benzene rings is 1. The molecule has 1 saturated heterocycles. The minimum absolute atomic E-state index is 0.293. The van der Waals surface area contributed by atoms with Crippen LogP contribution in [0.1, 0.15) is 56.9 Å². The van der Waals surface area contributed by atoms with E-state index in [0.717, 1.165) is 35.6 Å². The summed E-state index contributed by atoms with van der Waals surface area (Å²) in [5.74, 6) is 4.75. The standard InChI is InChI=1S/C20H29NO3/c1-3-13-4-6-14(7-5-13)17-8-16(11-21-17)15-9-18(22-2)20-19(10-15)23-12-24-20/h9-10,13-14,16-17,21H,3-8,11-12H2,1-2H3/t13?,14?,16-,17?/m1/s1. The maximum absolute atomic E-state index is 5.59. The van der Waals surface area contributed by atoms with Crippen LogP contribution in [-0.2, 0) is 0 Å². The molecule has 1 aromatic carbocycles. The van der Waals surface area contributed by atoms with Crippen molar-refractivity contribution in [1.29, 1.82) is 0 Å². The molecule has 1 unspecified atom stereocenters. The van der Waals surface area contributed by atoms with Crippen molar-refractivity contribution in [3.05, 3.63) is 17.7 Å². The van der Waals surface area contributed by atoms with Gasteiger partial charge in [-0.15, -0.1) is 0 Å². The van der Waals surface area contributed by atoms with Crippen LogP contribution < -0.4 is 19.5 Å². The van der Waals surface area contributed by atoms with E-state index in [1.165, 1.54) is 44.1 Å². The molecule has 0 radical (unpaired) electrons. The van der Waals surface area contributed by atoms with Crippen LogP contribution in [0.3, 0.4) is 0 Å². The van der Waals surface area contributed by atoms with Crippen LogP contribution in [0.25, 0.3) is 0 Å². The minimum atomic E-state index is 0.293. The van der Waals surface area contributed by atoms with Crippen LogP contribution >= 0.6 is 0 Å². The molecule has 24 heavy (non-hydrogen) atoms. The highest BCUT2D eigenvalue weighted by Gasteiger charge is 2.34. The zero-order chi connectivity index (χ0) is 16.5. The number of hydrogen-bond acceptors (Lipinski definition) is 4. The van der Waals surface area contributed by atoms with E-state index in [4.69, 9.17) is 14.2 Å². The van der Waals surface area contributed by atoms with Gasteiger partial charge in [0.2, 0.25) is 12.5 Å². The Bertz CT molecular complexity index is 580. The summed E-state index contributed by atoms with van der Waals surface area (Å²) >= 11 is 0. The number of methoxy groups -OCH3 is 1. The number of nitrogens with one attached hydrogen (secondary N) is 1. The highest BCUT2D eigenvalue weighted by molar-refractivity contribution is 5.55. The van der Waals surface area contributed by atoms with E-state index in [1.54, 1.807) is 7.11 Å². The van der Waals surface area contributed by atoms with E-state index >= 15 is 0 Å². The van der Waals surface area contributed by atoms with E-state index in [2.05, 4.69) is 24.4 Å². The Kier molecular flexibility index (Phi) is 4.57. The van der Waals surface area contributed by atoms with Crippen molar-refractivity contribution in [1.82, 2.24) is 5.32 Å². The van der Waals surface area contributed by atoms with E-state index in [0.29, 0.717) is 18.8 Å². The Balaban J connectivity index is 1.44. The predicted octanol–water partition coefficient (Wildman–Crippen LogP) is 4.09. The van der Waals surface area contributed by atoms with Crippen LogP contribution in [-0.4, -0.2) is 26.5 Å². The van der Waals surface area contributed by atoms with Gasteiger partial charge in [0.15, 0.2) is 11.5 Å². The Labute approximate surface area is 144 Å². The van der Waals surface area contributed by atoms with Gasteiger partial charge in [-0.1, -0.05) is 26.2 Å². The maximum Gasteiger partial charge on any atom is 0.231 e. The molecule has 4 heteroatoms. The van der Waals surface area contributed by atoms with Crippen molar-refractivity contribution in [3.8, 4) is 17.2 Å². The second kappa shape index (κ2) is 6.83. The second-order valence-corrected chi connectivity index (χ2v) is 7.59. The van der Waals surface area contributed by atoms with Crippen molar-refractivity contribution >= 4 is 0 Å². The number of hydrogen-bond donors (Lipinski definition) is 1. The molecule has 1 saturated carbocycles. The van der Waals surface area contributed by atoms with E-state index in [1.807, 2.05) is 0 Å². The fraction of sp³-hybridized carbons (Fsp3) is 0.700. The summed E-state index contributed by atoms with van der Waals surface area (Å²) in [7, 11) is 1.70. The molecule has 3 aliphatic rings. The van der Waals surface area contributed by atoms with Gasteiger partial charge in [-0.05, 0) is 54.7 Å². The number of ether oxygens (including phenoxy) is 3. The van der Waals surface area contributed by atoms with Gasteiger partial charge < -0.3 is 19.5 Å². The van der Waals surface area contributed by atoms with Gasteiger partial charge in [-0.25, -0.2) is 0 Å². The molecule has 4 nitrogen and oxygen atoms in total. The smallest absolute Gasteiger partial charge is 0.231 e. The van der Waals surface area contributed by atoms with Crippen molar-refractivity contribution < 1.29 is 14.2 Å². The van der Waals surface area contributed by atoms with Crippen LogP contribution in [0.2, 0.25) is 0 Å². The zero-order valence-corrected chi connectivity index (χ0v) is 14.8. The van der Waals surface area contributed by atoms with Gasteiger partial charge in [0.25, 0.3) is 0 Å². The molecule has 132 valence electrons. The number of fused-ring (bicyclic) bond motifs is 1. The van der Waals surface area contributed by atoms with Gasteiger partial charge in [0.1, 0.15) is 0 Å². The lowest BCUT2D eigenvalue weighted by atomic mass is 9.76. The Morgan fingerprint density at radius 2 is 2.00 bits per heavy atom. The molecule has 1 aliphatic carbocycles. The summed E-state index contributed by atoms with van der Waals surface area (Å²) in [5.41, 5.74) is 1.31. The van der Waals surface area contributed by atoms with E-state index in [-0.39, 0.29) is 0 Å². The third-order valence-electron chi connectivity index (χ3n) is 6.35. The minimum Gasteiger partial charge on any atom is -0.493 e. The summed E-state index contributed by atoms with van der Waals surface area (Å²) in [6, 6.07) is 4.95. The molecule has 1 aromatic rings. The average Bonchev–Trinajstić information content (AvgIpc) is 3.30. The monoisotopic (exact) mass is 331 g/mol. The van der Waals surface area contributed by atoms with Gasteiger partial charge in [0, 0.05) is 12.6 Å². The third-order valence-corrected chi connectivity index (χ3v) is 6.35. The lowest BCUT2D eigenvalue weighted by Crippen LogP contribution is -2.33.